The molecule has 0 radical (unpaired) electrons. The van der Waals surface area contributed by atoms with E-state index >= 15 is 0 Å². The Labute approximate surface area is 89.8 Å². The standard InChI is InChI=1S/C11H17N3O/c1-2-15-10-5-9(6-10)14-8-3-4-13-11(12)7-8/h3-4,7,9-10H,2,5-6H2,1H3,(H3,12,13,14). The lowest BCUT2D eigenvalue weighted by atomic mass is 9.89. The molecule has 0 amide bonds. The van der Waals surface area contributed by atoms with Crippen molar-refractivity contribution in [3.8, 4) is 0 Å². The lowest BCUT2D eigenvalue weighted by Gasteiger charge is -2.36. The van der Waals surface area contributed by atoms with E-state index in [9.17, 15) is 0 Å². The van der Waals surface area contributed by atoms with Gasteiger partial charge in [0, 0.05) is 30.6 Å². The van der Waals surface area contributed by atoms with Crippen LogP contribution in [0.15, 0.2) is 18.3 Å². The maximum atomic E-state index is 5.59. The normalized spacial score (nSPS) is 24.6. The van der Waals surface area contributed by atoms with E-state index in [2.05, 4.69) is 10.3 Å². The van der Waals surface area contributed by atoms with Gasteiger partial charge in [-0.1, -0.05) is 0 Å². The summed E-state index contributed by atoms with van der Waals surface area (Å²) in [6.07, 6.45) is 4.31. The van der Waals surface area contributed by atoms with E-state index in [1.54, 1.807) is 6.20 Å². The molecule has 1 aliphatic rings. The zero-order valence-electron chi connectivity index (χ0n) is 8.94. The van der Waals surface area contributed by atoms with Crippen LogP contribution in [0, 0.1) is 0 Å². The predicted octanol–water partition coefficient (Wildman–Crippen LogP) is 1.64. The minimum atomic E-state index is 0.437. The van der Waals surface area contributed by atoms with E-state index in [1.807, 2.05) is 19.1 Å². The molecule has 0 saturated heterocycles. The molecule has 1 aromatic heterocycles. The zero-order valence-corrected chi connectivity index (χ0v) is 8.94. The summed E-state index contributed by atoms with van der Waals surface area (Å²) < 4.78 is 5.49. The monoisotopic (exact) mass is 207 g/mol. The molecule has 15 heavy (non-hydrogen) atoms. The fraction of sp³-hybridized carbons (Fsp3) is 0.545. The van der Waals surface area contributed by atoms with Crippen LogP contribution in [0.25, 0.3) is 0 Å². The molecule has 1 heterocycles. The third-order valence-corrected chi connectivity index (χ3v) is 2.65. The van der Waals surface area contributed by atoms with Crippen molar-refractivity contribution >= 4 is 11.5 Å². The van der Waals surface area contributed by atoms with E-state index in [1.165, 1.54) is 0 Å². The molecule has 4 nitrogen and oxygen atoms in total. The van der Waals surface area contributed by atoms with Crippen LogP contribution in [-0.2, 0) is 4.74 Å². The van der Waals surface area contributed by atoms with Gasteiger partial charge in [-0.25, -0.2) is 4.98 Å². The fourth-order valence-corrected chi connectivity index (χ4v) is 1.83. The number of ether oxygens (including phenoxy) is 1. The molecule has 0 aromatic carbocycles. The Morgan fingerprint density at radius 3 is 3.07 bits per heavy atom. The summed E-state index contributed by atoms with van der Waals surface area (Å²) >= 11 is 0. The van der Waals surface area contributed by atoms with E-state index in [-0.39, 0.29) is 0 Å². The molecular weight excluding hydrogens is 190 g/mol. The smallest absolute Gasteiger partial charge is 0.125 e. The van der Waals surface area contributed by atoms with Crippen molar-refractivity contribution in [3.63, 3.8) is 0 Å². The first-order chi connectivity index (χ1) is 7.28. The third kappa shape index (κ3) is 2.59. The van der Waals surface area contributed by atoms with Crippen LogP contribution in [0.5, 0.6) is 0 Å². The van der Waals surface area contributed by atoms with Gasteiger partial charge in [0.05, 0.1) is 6.10 Å². The first kappa shape index (κ1) is 10.2. The van der Waals surface area contributed by atoms with Crippen molar-refractivity contribution in [2.75, 3.05) is 17.7 Å². The largest absolute Gasteiger partial charge is 0.384 e. The second-order valence-electron chi connectivity index (χ2n) is 3.86. The molecule has 2 rings (SSSR count). The highest BCUT2D eigenvalue weighted by molar-refractivity contribution is 5.50. The number of nitrogens with zero attached hydrogens (tertiary/aromatic N) is 1. The molecule has 1 aromatic rings. The van der Waals surface area contributed by atoms with Crippen LogP contribution in [0.1, 0.15) is 19.8 Å². The Morgan fingerprint density at radius 1 is 1.60 bits per heavy atom. The molecule has 0 unspecified atom stereocenters. The number of nitrogen functional groups attached to an aromatic ring is 1. The van der Waals surface area contributed by atoms with Gasteiger partial charge >= 0.3 is 0 Å². The molecule has 0 atom stereocenters. The maximum absolute atomic E-state index is 5.59. The van der Waals surface area contributed by atoms with Gasteiger partial charge in [0.25, 0.3) is 0 Å². The van der Waals surface area contributed by atoms with Gasteiger partial charge in [-0.05, 0) is 25.8 Å². The van der Waals surface area contributed by atoms with Crippen molar-refractivity contribution in [3.05, 3.63) is 18.3 Å². The highest BCUT2D eigenvalue weighted by atomic mass is 16.5. The molecule has 1 aliphatic carbocycles. The topological polar surface area (TPSA) is 60.2 Å². The summed E-state index contributed by atoms with van der Waals surface area (Å²) in [6.45, 7) is 2.84. The van der Waals surface area contributed by atoms with Gasteiger partial charge in [-0.2, -0.15) is 0 Å². The van der Waals surface area contributed by atoms with E-state index < -0.39 is 0 Å². The summed E-state index contributed by atoms with van der Waals surface area (Å²) in [4.78, 5) is 3.95. The average Bonchev–Trinajstić information content (AvgIpc) is 2.15. The summed E-state index contributed by atoms with van der Waals surface area (Å²) in [5.41, 5.74) is 6.64. The first-order valence-corrected chi connectivity index (χ1v) is 5.37. The van der Waals surface area contributed by atoms with Gasteiger partial charge in [0.1, 0.15) is 5.82 Å². The van der Waals surface area contributed by atoms with E-state index in [0.717, 1.165) is 25.1 Å². The molecule has 0 spiro atoms. The minimum absolute atomic E-state index is 0.437. The lowest BCUT2D eigenvalue weighted by Crippen LogP contribution is -2.40. The Kier molecular flexibility index (Phi) is 3.06. The maximum Gasteiger partial charge on any atom is 0.125 e. The highest BCUT2D eigenvalue weighted by Crippen LogP contribution is 2.26. The van der Waals surface area contributed by atoms with Crippen LogP contribution in [0.2, 0.25) is 0 Å². The quantitative estimate of drug-likeness (QED) is 0.788. The second-order valence-corrected chi connectivity index (χ2v) is 3.86. The van der Waals surface area contributed by atoms with Gasteiger partial charge in [0.2, 0.25) is 0 Å². The number of hydrogen-bond donors (Lipinski definition) is 2. The molecule has 3 N–H and O–H groups in total. The number of rotatable bonds is 4. The SMILES string of the molecule is CCOC1CC(Nc2ccnc(N)c2)C1. The summed E-state index contributed by atoms with van der Waals surface area (Å²) in [5.74, 6) is 0.556. The van der Waals surface area contributed by atoms with Crippen molar-refractivity contribution in [2.24, 2.45) is 0 Å². The number of aromatic nitrogens is 1. The summed E-state index contributed by atoms with van der Waals surface area (Å²) in [7, 11) is 0. The number of anilines is 2. The Hall–Kier alpha value is -1.29. The van der Waals surface area contributed by atoms with Crippen molar-refractivity contribution < 1.29 is 4.74 Å². The van der Waals surface area contributed by atoms with Crippen molar-refractivity contribution in [2.45, 2.75) is 31.9 Å². The molecule has 1 saturated carbocycles. The van der Waals surface area contributed by atoms with Crippen LogP contribution < -0.4 is 11.1 Å². The Balaban J connectivity index is 1.80. The number of hydrogen-bond acceptors (Lipinski definition) is 4. The van der Waals surface area contributed by atoms with Crippen molar-refractivity contribution in [1.29, 1.82) is 0 Å². The molecule has 0 aliphatic heterocycles. The molecule has 82 valence electrons. The van der Waals surface area contributed by atoms with Gasteiger partial charge in [0.15, 0.2) is 0 Å². The lowest BCUT2D eigenvalue weighted by molar-refractivity contribution is 0.00299. The third-order valence-electron chi connectivity index (χ3n) is 2.65. The molecule has 0 bridgehead atoms. The molecular formula is C11H17N3O. The fourth-order valence-electron chi connectivity index (χ4n) is 1.83. The van der Waals surface area contributed by atoms with Crippen LogP contribution in [-0.4, -0.2) is 23.7 Å². The summed E-state index contributed by atoms with van der Waals surface area (Å²) in [6, 6.07) is 4.31. The van der Waals surface area contributed by atoms with Crippen molar-refractivity contribution in [1.82, 2.24) is 4.98 Å². The summed E-state index contributed by atoms with van der Waals surface area (Å²) in [5, 5.41) is 3.41. The van der Waals surface area contributed by atoms with Gasteiger partial charge in [-0.15, -0.1) is 0 Å². The first-order valence-electron chi connectivity index (χ1n) is 5.37. The second kappa shape index (κ2) is 4.49. The van der Waals surface area contributed by atoms with Gasteiger partial charge in [-0.3, -0.25) is 0 Å². The van der Waals surface area contributed by atoms with Crippen LogP contribution >= 0.6 is 0 Å². The molecule has 4 heteroatoms. The number of nitrogens with one attached hydrogen (secondary N) is 1. The Morgan fingerprint density at radius 2 is 2.40 bits per heavy atom. The van der Waals surface area contributed by atoms with E-state index in [0.29, 0.717) is 18.0 Å². The Bertz CT molecular complexity index is 323. The van der Waals surface area contributed by atoms with Crippen LogP contribution in [0.3, 0.4) is 0 Å². The van der Waals surface area contributed by atoms with Gasteiger partial charge < -0.3 is 15.8 Å². The van der Waals surface area contributed by atoms with Crippen LogP contribution in [0.4, 0.5) is 11.5 Å². The number of nitrogens with two attached hydrogens (primary N) is 1. The minimum Gasteiger partial charge on any atom is -0.384 e. The average molecular weight is 207 g/mol. The zero-order chi connectivity index (χ0) is 10.7. The predicted molar refractivity (Wildman–Crippen MR) is 60.7 cm³/mol. The molecule has 1 fully saturated rings. The van der Waals surface area contributed by atoms with E-state index in [4.69, 9.17) is 10.5 Å². The number of pyridine rings is 1. The highest BCUT2D eigenvalue weighted by Gasteiger charge is 2.29.